The Morgan fingerprint density at radius 1 is 0.649 bits per heavy atom. The van der Waals surface area contributed by atoms with E-state index in [1.54, 1.807) is 54.6 Å². The van der Waals surface area contributed by atoms with Crippen LogP contribution in [0.5, 0.6) is 11.5 Å². The number of carbonyl (C=O) groups excluding carboxylic acids is 2. The Morgan fingerprint density at radius 3 is 1.51 bits per heavy atom. The molecule has 0 fully saturated rings. The van der Waals surface area contributed by atoms with Gasteiger partial charge in [-0.2, -0.15) is 0 Å². The first-order chi connectivity index (χ1) is 27.5. The third-order valence-electron chi connectivity index (χ3n) is 9.05. The lowest BCUT2D eigenvalue weighted by molar-refractivity contribution is 0.0978. The predicted octanol–water partition coefficient (Wildman–Crippen LogP) is 10.1. The number of anilines is 2. The van der Waals surface area contributed by atoms with Crippen LogP contribution < -0.4 is 19.3 Å². The van der Waals surface area contributed by atoms with Crippen LogP contribution in [0.25, 0.3) is 21.1 Å². The van der Waals surface area contributed by atoms with Crippen molar-refractivity contribution in [2.24, 2.45) is 0 Å². The molecule has 0 atom stereocenters. The van der Waals surface area contributed by atoms with Crippen LogP contribution in [0.1, 0.15) is 82.5 Å². The van der Waals surface area contributed by atoms with E-state index in [0.717, 1.165) is 80.6 Å². The zero-order valence-electron chi connectivity index (χ0n) is 33.6. The van der Waals surface area contributed by atoms with Gasteiger partial charge in [0, 0.05) is 42.2 Å². The van der Waals surface area contributed by atoms with Crippen molar-refractivity contribution in [3.05, 3.63) is 112 Å². The molecule has 0 aliphatic heterocycles. The maximum atomic E-state index is 13.6. The van der Waals surface area contributed by atoms with Gasteiger partial charge in [0.1, 0.15) is 27.3 Å². The molecule has 6 rings (SSSR count). The minimum absolute atomic E-state index is 0.105. The van der Waals surface area contributed by atoms with E-state index >= 15 is 0 Å². The summed E-state index contributed by atoms with van der Waals surface area (Å²) in [5, 5.41) is 19.9. The summed E-state index contributed by atoms with van der Waals surface area (Å²) >= 11 is 2.77. The standard InChI is InChI=1S/C22H24FN3O2S.C21H24N4O2S/c1-5-6-10-26(21(27)16-8-7-9-18(23)13-16)22-25-24-20(29-22)17-11-14(2)19(28-4)15(3)12-17;1-5-6-10-25(20(26)16-8-7-9-22-13-16)21-24-23-19(28-21)17-11-14(2)18(27-4)15(3)12-17/h7-9,11-13H,5-6,10H2,1-4H3;7-9,11-13H,5-6,10H2,1-4H3. The van der Waals surface area contributed by atoms with Crippen molar-refractivity contribution in [3.63, 3.8) is 0 Å². The molecule has 0 saturated carbocycles. The average Bonchev–Trinajstić information content (AvgIpc) is 3.90. The van der Waals surface area contributed by atoms with Gasteiger partial charge in [-0.1, -0.05) is 55.4 Å². The number of carbonyl (C=O) groups is 2. The quantitative estimate of drug-likeness (QED) is 0.106. The molecule has 3 heterocycles. The van der Waals surface area contributed by atoms with E-state index < -0.39 is 5.82 Å². The number of ether oxygens (including phenoxy) is 2. The average molecular weight is 810 g/mol. The monoisotopic (exact) mass is 809 g/mol. The van der Waals surface area contributed by atoms with Crippen LogP contribution in [0, 0.1) is 33.5 Å². The molecule has 0 aliphatic carbocycles. The summed E-state index contributed by atoms with van der Waals surface area (Å²) in [5.41, 5.74) is 6.87. The Balaban J connectivity index is 0.000000218. The van der Waals surface area contributed by atoms with Gasteiger partial charge in [-0.05, 0) is 117 Å². The summed E-state index contributed by atoms with van der Waals surface area (Å²) in [6.45, 7) is 13.2. The van der Waals surface area contributed by atoms with Crippen molar-refractivity contribution < 1.29 is 23.5 Å². The lowest BCUT2D eigenvalue weighted by Gasteiger charge is -2.19. The molecule has 6 aromatic rings. The fourth-order valence-corrected chi connectivity index (χ4v) is 8.01. The van der Waals surface area contributed by atoms with Gasteiger partial charge in [0.05, 0.1) is 19.8 Å². The summed E-state index contributed by atoms with van der Waals surface area (Å²) in [6, 6.07) is 17.3. The van der Waals surface area contributed by atoms with Crippen LogP contribution >= 0.6 is 22.7 Å². The molecule has 2 amide bonds. The van der Waals surface area contributed by atoms with Crippen molar-refractivity contribution in [1.82, 2.24) is 25.4 Å². The maximum Gasteiger partial charge on any atom is 0.261 e. The van der Waals surface area contributed by atoms with E-state index in [4.69, 9.17) is 9.47 Å². The normalized spacial score (nSPS) is 10.8. The number of nitrogens with zero attached hydrogens (tertiary/aromatic N) is 7. The smallest absolute Gasteiger partial charge is 0.261 e. The molecule has 298 valence electrons. The number of amides is 2. The molecule has 0 radical (unpaired) electrons. The van der Waals surface area contributed by atoms with Gasteiger partial charge in [-0.3, -0.25) is 24.4 Å². The molecular formula is C43H48FN7O4S2. The van der Waals surface area contributed by atoms with Crippen molar-refractivity contribution in [3.8, 4) is 32.6 Å². The number of aromatic nitrogens is 5. The van der Waals surface area contributed by atoms with E-state index in [-0.39, 0.29) is 11.8 Å². The Bertz CT molecular complexity index is 2250. The van der Waals surface area contributed by atoms with Gasteiger partial charge in [0.15, 0.2) is 0 Å². The molecule has 0 bridgehead atoms. The molecule has 0 saturated heterocycles. The molecule has 0 N–H and O–H groups in total. The molecular weight excluding hydrogens is 762 g/mol. The number of aryl methyl sites for hydroxylation is 4. The molecule has 0 unspecified atom stereocenters. The van der Waals surface area contributed by atoms with Gasteiger partial charge in [0.25, 0.3) is 11.8 Å². The predicted molar refractivity (Wildman–Crippen MR) is 227 cm³/mol. The Morgan fingerprint density at radius 2 is 1.11 bits per heavy atom. The van der Waals surface area contributed by atoms with Gasteiger partial charge >= 0.3 is 0 Å². The molecule has 3 aromatic carbocycles. The molecule has 3 aromatic heterocycles. The largest absolute Gasteiger partial charge is 0.496 e. The lowest BCUT2D eigenvalue weighted by Crippen LogP contribution is -2.32. The Kier molecular flexibility index (Phi) is 14.9. The van der Waals surface area contributed by atoms with Crippen molar-refractivity contribution >= 4 is 44.8 Å². The maximum absolute atomic E-state index is 13.6. The second-order valence-corrected chi connectivity index (χ2v) is 15.4. The van der Waals surface area contributed by atoms with Gasteiger partial charge in [0.2, 0.25) is 10.3 Å². The van der Waals surface area contributed by atoms with Gasteiger partial charge in [-0.15, -0.1) is 20.4 Å². The number of hydrogen-bond donors (Lipinski definition) is 0. The number of hydrogen-bond acceptors (Lipinski definition) is 11. The molecule has 0 spiro atoms. The van der Waals surface area contributed by atoms with Crippen LogP contribution in [0.4, 0.5) is 14.7 Å². The lowest BCUT2D eigenvalue weighted by atomic mass is 10.1. The van der Waals surface area contributed by atoms with Crippen LogP contribution in [0.3, 0.4) is 0 Å². The number of pyridine rings is 1. The fourth-order valence-electron chi connectivity index (χ4n) is 6.30. The Labute approximate surface area is 341 Å². The Hall–Kier alpha value is -5.60. The van der Waals surface area contributed by atoms with Crippen molar-refractivity contribution in [2.45, 2.75) is 67.2 Å². The summed E-state index contributed by atoms with van der Waals surface area (Å²) in [7, 11) is 3.33. The highest BCUT2D eigenvalue weighted by molar-refractivity contribution is 7.19. The SMILES string of the molecule is CCCCN(C(=O)c1cccc(F)c1)c1nnc(-c2cc(C)c(OC)c(C)c2)s1.CCCCN(C(=O)c1cccnc1)c1nnc(-c2cc(C)c(OC)c(C)c2)s1. The van der Waals surface area contributed by atoms with Crippen LogP contribution in [0.15, 0.2) is 73.1 Å². The molecule has 57 heavy (non-hydrogen) atoms. The summed E-state index contributed by atoms with van der Waals surface area (Å²) in [6.07, 6.45) is 6.86. The highest BCUT2D eigenvalue weighted by atomic mass is 32.1. The van der Waals surface area contributed by atoms with E-state index in [1.165, 1.54) is 40.9 Å². The zero-order chi connectivity index (χ0) is 41.1. The van der Waals surface area contributed by atoms with Crippen LogP contribution in [-0.4, -0.2) is 64.5 Å². The number of methoxy groups -OCH3 is 2. The van der Waals surface area contributed by atoms with Crippen LogP contribution in [-0.2, 0) is 0 Å². The number of benzene rings is 3. The zero-order valence-corrected chi connectivity index (χ0v) is 35.3. The summed E-state index contributed by atoms with van der Waals surface area (Å²) in [4.78, 5) is 33.4. The summed E-state index contributed by atoms with van der Waals surface area (Å²) < 4.78 is 24.5. The first-order valence-corrected chi connectivity index (χ1v) is 20.4. The van der Waals surface area contributed by atoms with Gasteiger partial charge in [-0.25, -0.2) is 4.39 Å². The topological polar surface area (TPSA) is 124 Å². The van der Waals surface area contributed by atoms with E-state index in [1.807, 2.05) is 52.0 Å². The number of unbranched alkanes of at least 4 members (excludes halogenated alkanes) is 2. The number of halogens is 1. The molecule has 0 aliphatic rings. The van der Waals surface area contributed by atoms with Gasteiger partial charge < -0.3 is 9.47 Å². The minimum atomic E-state index is -0.437. The molecule has 11 nitrogen and oxygen atoms in total. The van der Waals surface area contributed by atoms with Crippen molar-refractivity contribution in [2.75, 3.05) is 37.1 Å². The first-order valence-electron chi connectivity index (χ1n) is 18.8. The highest BCUT2D eigenvalue weighted by Gasteiger charge is 2.24. The van der Waals surface area contributed by atoms with E-state index in [0.29, 0.717) is 34.5 Å². The second kappa shape index (κ2) is 20.0. The van der Waals surface area contributed by atoms with E-state index in [9.17, 15) is 14.0 Å². The summed E-state index contributed by atoms with van der Waals surface area (Å²) in [5.74, 6) is 0.914. The van der Waals surface area contributed by atoms with Crippen LogP contribution in [0.2, 0.25) is 0 Å². The fraction of sp³-hybridized carbons (Fsp3) is 0.326. The molecule has 14 heteroatoms. The third kappa shape index (κ3) is 10.4. The third-order valence-corrected chi connectivity index (χ3v) is 11.0. The highest BCUT2D eigenvalue weighted by Crippen LogP contribution is 2.36. The van der Waals surface area contributed by atoms with Crippen molar-refractivity contribution in [1.29, 1.82) is 0 Å². The second-order valence-electron chi connectivity index (χ2n) is 13.4. The number of rotatable bonds is 14. The van der Waals surface area contributed by atoms with E-state index in [2.05, 4.69) is 39.2 Å². The minimum Gasteiger partial charge on any atom is -0.496 e. The first kappa shape index (κ1) is 42.5.